The number of aliphatic carboxylic acids is 1. The average Bonchev–Trinajstić information content (AvgIpc) is 2.87. The lowest BCUT2D eigenvalue weighted by Crippen LogP contribution is -2.45. The molecule has 0 aromatic carbocycles. The molecule has 1 fully saturated rings. The highest BCUT2D eigenvalue weighted by atomic mass is 16.4. The summed E-state index contributed by atoms with van der Waals surface area (Å²) in [5.74, 6) is -0.347. The van der Waals surface area contributed by atoms with Gasteiger partial charge in [0, 0.05) is 12.6 Å². The maximum Gasteiger partial charge on any atom is 0.320 e. The van der Waals surface area contributed by atoms with Crippen LogP contribution in [0.25, 0.3) is 0 Å². The fourth-order valence-corrected chi connectivity index (χ4v) is 1.37. The number of likely N-dealkylation sites (N-methyl/N-ethyl adjacent to an activating group) is 1. The fourth-order valence-electron chi connectivity index (χ4n) is 1.37. The number of hydrogen-bond acceptors (Lipinski definition) is 3. The van der Waals surface area contributed by atoms with Crippen molar-refractivity contribution in [3.63, 3.8) is 0 Å². The molecule has 4 nitrogen and oxygen atoms in total. The largest absolute Gasteiger partial charge is 0.480 e. The molecule has 82 valence electrons. The highest BCUT2D eigenvalue weighted by molar-refractivity contribution is 5.74. The zero-order valence-electron chi connectivity index (χ0n) is 9.16. The Hall–Kier alpha value is -0.610. The molecule has 0 bridgehead atoms. The Morgan fingerprint density at radius 1 is 1.57 bits per heavy atom. The van der Waals surface area contributed by atoms with Crippen molar-refractivity contribution in [3.8, 4) is 0 Å². The summed E-state index contributed by atoms with van der Waals surface area (Å²) in [6, 6.07) is 0.0352. The van der Waals surface area contributed by atoms with E-state index in [9.17, 15) is 4.79 Å². The Kier molecular flexibility index (Phi) is 3.89. The van der Waals surface area contributed by atoms with E-state index in [1.807, 2.05) is 14.1 Å². The van der Waals surface area contributed by atoms with Crippen LogP contribution in [0.3, 0.4) is 0 Å². The quantitative estimate of drug-likeness (QED) is 0.651. The zero-order chi connectivity index (χ0) is 10.7. The third kappa shape index (κ3) is 3.27. The van der Waals surface area contributed by atoms with Gasteiger partial charge in [0.15, 0.2) is 0 Å². The second kappa shape index (κ2) is 4.75. The second-order valence-corrected chi connectivity index (χ2v) is 4.37. The molecule has 0 saturated heterocycles. The van der Waals surface area contributed by atoms with Gasteiger partial charge in [0.05, 0.1) is 0 Å². The van der Waals surface area contributed by atoms with Gasteiger partial charge < -0.3 is 15.3 Å². The van der Waals surface area contributed by atoms with Crippen molar-refractivity contribution in [1.29, 1.82) is 0 Å². The lowest BCUT2D eigenvalue weighted by molar-refractivity contribution is -0.140. The number of carboxylic acid groups (broad SMARTS) is 1. The van der Waals surface area contributed by atoms with Crippen LogP contribution in [0.15, 0.2) is 0 Å². The highest BCUT2D eigenvalue weighted by Gasteiger charge is 2.35. The molecule has 2 atom stereocenters. The van der Waals surface area contributed by atoms with Crippen molar-refractivity contribution < 1.29 is 9.90 Å². The van der Waals surface area contributed by atoms with Crippen molar-refractivity contribution in [1.82, 2.24) is 10.2 Å². The maximum atomic E-state index is 10.9. The Labute approximate surface area is 85.3 Å². The number of rotatable bonds is 6. The first-order valence-electron chi connectivity index (χ1n) is 5.15. The van der Waals surface area contributed by atoms with E-state index >= 15 is 0 Å². The van der Waals surface area contributed by atoms with Gasteiger partial charge in [-0.1, -0.05) is 0 Å². The average molecular weight is 200 g/mol. The Bertz CT molecular complexity index is 202. The number of hydrogen-bond donors (Lipinski definition) is 2. The molecule has 2 N–H and O–H groups in total. The Morgan fingerprint density at radius 2 is 2.14 bits per heavy atom. The van der Waals surface area contributed by atoms with E-state index in [1.165, 1.54) is 0 Å². The van der Waals surface area contributed by atoms with Crippen LogP contribution in [-0.4, -0.2) is 48.7 Å². The molecule has 0 spiro atoms. The van der Waals surface area contributed by atoms with Crippen LogP contribution >= 0.6 is 0 Å². The van der Waals surface area contributed by atoms with E-state index in [0.29, 0.717) is 12.0 Å². The molecule has 0 amide bonds. The lowest BCUT2D eigenvalue weighted by Gasteiger charge is -2.22. The van der Waals surface area contributed by atoms with Crippen LogP contribution in [-0.2, 0) is 4.79 Å². The number of nitrogens with one attached hydrogen (secondary N) is 1. The van der Waals surface area contributed by atoms with Crippen LogP contribution in [0.4, 0.5) is 0 Å². The smallest absolute Gasteiger partial charge is 0.320 e. The van der Waals surface area contributed by atoms with E-state index in [1.54, 1.807) is 0 Å². The SMILES string of the molecule is CC(CNC(C(=O)O)C1CC1)N(C)C. The zero-order valence-corrected chi connectivity index (χ0v) is 9.16. The predicted molar refractivity (Wildman–Crippen MR) is 55.3 cm³/mol. The summed E-state index contributed by atoms with van der Waals surface area (Å²) in [7, 11) is 4.00. The molecule has 0 radical (unpaired) electrons. The van der Waals surface area contributed by atoms with Gasteiger partial charge in [-0.05, 0) is 39.8 Å². The van der Waals surface area contributed by atoms with E-state index < -0.39 is 5.97 Å². The summed E-state index contributed by atoms with van der Waals surface area (Å²) in [5.41, 5.74) is 0. The van der Waals surface area contributed by atoms with Crippen molar-refractivity contribution in [2.75, 3.05) is 20.6 Å². The molecule has 14 heavy (non-hydrogen) atoms. The molecular formula is C10H20N2O2. The van der Waals surface area contributed by atoms with Crippen molar-refractivity contribution in [2.24, 2.45) is 5.92 Å². The Morgan fingerprint density at radius 3 is 2.50 bits per heavy atom. The van der Waals surface area contributed by atoms with E-state index in [4.69, 9.17) is 5.11 Å². The monoisotopic (exact) mass is 200 g/mol. The van der Waals surface area contributed by atoms with Gasteiger partial charge in [0.1, 0.15) is 6.04 Å². The molecule has 1 rings (SSSR count). The third-order valence-corrected chi connectivity index (χ3v) is 2.87. The standard InChI is InChI=1S/C10H20N2O2/c1-7(12(2)3)6-11-9(10(13)14)8-4-5-8/h7-9,11H,4-6H2,1-3H3,(H,13,14). The van der Waals surface area contributed by atoms with Gasteiger partial charge in [0.25, 0.3) is 0 Å². The molecule has 0 aromatic heterocycles. The first-order chi connectivity index (χ1) is 6.52. The van der Waals surface area contributed by atoms with Crippen molar-refractivity contribution in [2.45, 2.75) is 31.8 Å². The molecule has 1 saturated carbocycles. The summed E-state index contributed by atoms with van der Waals surface area (Å²) in [6.07, 6.45) is 2.11. The maximum absolute atomic E-state index is 10.9. The molecule has 0 aliphatic heterocycles. The summed E-state index contributed by atoms with van der Waals surface area (Å²) in [4.78, 5) is 13.0. The van der Waals surface area contributed by atoms with Crippen LogP contribution in [0, 0.1) is 5.92 Å². The van der Waals surface area contributed by atoms with Crippen LogP contribution < -0.4 is 5.32 Å². The summed E-state index contributed by atoms with van der Waals surface area (Å²) < 4.78 is 0. The minimum absolute atomic E-state index is 0.336. The molecule has 1 aliphatic carbocycles. The fraction of sp³-hybridized carbons (Fsp3) is 0.900. The lowest BCUT2D eigenvalue weighted by atomic mass is 10.2. The second-order valence-electron chi connectivity index (χ2n) is 4.37. The number of nitrogens with zero attached hydrogens (tertiary/aromatic N) is 1. The molecule has 0 aromatic rings. The minimum atomic E-state index is -0.710. The number of carbonyl (C=O) groups is 1. The first kappa shape index (κ1) is 11.5. The van der Waals surface area contributed by atoms with E-state index in [-0.39, 0.29) is 6.04 Å². The van der Waals surface area contributed by atoms with Gasteiger partial charge in [-0.15, -0.1) is 0 Å². The molecule has 2 unspecified atom stereocenters. The van der Waals surface area contributed by atoms with Crippen LogP contribution in [0.1, 0.15) is 19.8 Å². The normalized spacial score (nSPS) is 20.9. The van der Waals surface area contributed by atoms with E-state index in [2.05, 4.69) is 17.1 Å². The topological polar surface area (TPSA) is 52.6 Å². The van der Waals surface area contributed by atoms with Crippen molar-refractivity contribution in [3.05, 3.63) is 0 Å². The molecular weight excluding hydrogens is 180 g/mol. The van der Waals surface area contributed by atoms with Crippen LogP contribution in [0.5, 0.6) is 0 Å². The highest BCUT2D eigenvalue weighted by Crippen LogP contribution is 2.32. The Balaban J connectivity index is 2.29. The predicted octanol–water partition coefficient (Wildman–Crippen LogP) is 0.389. The first-order valence-corrected chi connectivity index (χ1v) is 5.15. The summed E-state index contributed by atoms with van der Waals surface area (Å²) in [5, 5.41) is 12.1. The van der Waals surface area contributed by atoms with Gasteiger partial charge in [-0.3, -0.25) is 4.79 Å². The van der Waals surface area contributed by atoms with E-state index in [0.717, 1.165) is 19.4 Å². The van der Waals surface area contributed by atoms with Gasteiger partial charge >= 0.3 is 5.97 Å². The summed E-state index contributed by atoms with van der Waals surface area (Å²) in [6.45, 7) is 2.82. The molecule has 0 heterocycles. The van der Waals surface area contributed by atoms with Gasteiger partial charge in [-0.2, -0.15) is 0 Å². The van der Waals surface area contributed by atoms with Gasteiger partial charge in [0.2, 0.25) is 0 Å². The van der Waals surface area contributed by atoms with Gasteiger partial charge in [-0.25, -0.2) is 0 Å². The molecule has 1 aliphatic rings. The summed E-state index contributed by atoms with van der Waals surface area (Å²) >= 11 is 0. The van der Waals surface area contributed by atoms with Crippen LogP contribution in [0.2, 0.25) is 0 Å². The molecule has 4 heteroatoms. The minimum Gasteiger partial charge on any atom is -0.480 e. The number of carboxylic acids is 1. The third-order valence-electron chi connectivity index (χ3n) is 2.87. The van der Waals surface area contributed by atoms with Crippen molar-refractivity contribution >= 4 is 5.97 Å².